The van der Waals surface area contributed by atoms with E-state index in [2.05, 4.69) is 9.97 Å². The lowest BCUT2D eigenvalue weighted by molar-refractivity contribution is -0.130. The number of carbonyl (C=O) groups excluding carboxylic acids is 1. The van der Waals surface area contributed by atoms with E-state index in [-0.39, 0.29) is 24.1 Å². The second-order valence-electron chi connectivity index (χ2n) is 7.56. The number of amides is 1. The van der Waals surface area contributed by atoms with Crippen LogP contribution < -0.4 is 5.56 Å². The topological polar surface area (TPSA) is 75.3 Å². The molecule has 3 aromatic rings. The zero-order valence-corrected chi connectivity index (χ0v) is 18.6. The number of para-hydroxylation sites is 1. The summed E-state index contributed by atoms with van der Waals surface area (Å²) >= 11 is 7.49. The Hall–Kier alpha value is -2.35. The molecule has 4 rings (SSSR count). The van der Waals surface area contributed by atoms with E-state index in [1.54, 1.807) is 22.7 Å². The highest BCUT2D eigenvalue weighted by Crippen LogP contribution is 2.19. The first-order valence-electron chi connectivity index (χ1n) is 10.3. The summed E-state index contributed by atoms with van der Waals surface area (Å²) in [4.78, 5) is 34.6. The monoisotopic (exact) mass is 457 g/mol. The summed E-state index contributed by atoms with van der Waals surface area (Å²) in [5.74, 6) is 1.55. The first-order chi connectivity index (χ1) is 15.1. The van der Waals surface area contributed by atoms with Gasteiger partial charge in [0.15, 0.2) is 0 Å². The average Bonchev–Trinajstić information content (AvgIpc) is 3.28. The Morgan fingerprint density at radius 1 is 1.23 bits per heavy atom. The molecule has 0 saturated carbocycles. The van der Waals surface area contributed by atoms with Crippen molar-refractivity contribution in [2.45, 2.75) is 31.2 Å². The van der Waals surface area contributed by atoms with Crippen molar-refractivity contribution in [3.63, 3.8) is 0 Å². The molecule has 0 spiro atoms. The molecule has 1 unspecified atom stereocenters. The van der Waals surface area contributed by atoms with Gasteiger partial charge in [-0.05, 0) is 42.7 Å². The van der Waals surface area contributed by atoms with E-state index in [0.29, 0.717) is 34.0 Å². The Bertz CT molecular complexity index is 1100. The van der Waals surface area contributed by atoms with Crippen LogP contribution in [0.5, 0.6) is 0 Å². The van der Waals surface area contributed by atoms with Crippen LogP contribution in [0.4, 0.5) is 0 Å². The van der Waals surface area contributed by atoms with Crippen molar-refractivity contribution in [2.24, 2.45) is 0 Å². The third-order valence-corrected chi connectivity index (χ3v) is 6.45. The zero-order valence-electron chi connectivity index (χ0n) is 17.1. The Labute approximate surface area is 190 Å². The molecule has 1 atom stereocenters. The number of hydrogen-bond acceptors (Lipinski definition) is 5. The number of halogens is 1. The molecule has 0 bridgehead atoms. The molecular formula is C23H24ClN3O3S. The molecule has 1 aliphatic rings. The largest absolute Gasteiger partial charge is 0.376 e. The van der Waals surface area contributed by atoms with E-state index < -0.39 is 0 Å². The van der Waals surface area contributed by atoms with Crippen molar-refractivity contribution in [2.75, 3.05) is 18.9 Å². The molecule has 8 heteroatoms. The minimum absolute atomic E-state index is 0.00488. The number of hydrogen-bond donors (Lipinski definition) is 1. The Kier molecular flexibility index (Phi) is 7.27. The molecule has 0 aliphatic carbocycles. The van der Waals surface area contributed by atoms with Crippen LogP contribution in [0.3, 0.4) is 0 Å². The summed E-state index contributed by atoms with van der Waals surface area (Å²) < 4.78 is 5.74. The normalized spacial score (nSPS) is 16.0. The van der Waals surface area contributed by atoms with Crippen molar-refractivity contribution in [3.05, 3.63) is 75.3 Å². The standard InChI is InChI=1S/C23H24ClN3O3S/c24-17-9-7-16(8-10-17)14-31-15-22(28)27(12-18-4-3-11-30-18)13-21-25-20-6-2-1-5-19(20)23(29)26-21/h1-2,5-10,18H,3-4,11-15H2,(H,25,26,29). The zero-order chi connectivity index (χ0) is 21.6. The third-order valence-electron chi connectivity index (χ3n) is 5.21. The number of thioether (sulfide) groups is 1. The maximum atomic E-state index is 13.0. The van der Waals surface area contributed by atoms with Gasteiger partial charge in [-0.1, -0.05) is 35.9 Å². The van der Waals surface area contributed by atoms with Gasteiger partial charge in [-0.3, -0.25) is 9.59 Å². The van der Waals surface area contributed by atoms with Gasteiger partial charge in [0, 0.05) is 23.9 Å². The summed E-state index contributed by atoms with van der Waals surface area (Å²) in [5.41, 5.74) is 1.55. The van der Waals surface area contributed by atoms with Crippen molar-refractivity contribution in [1.29, 1.82) is 0 Å². The fourth-order valence-electron chi connectivity index (χ4n) is 3.61. The van der Waals surface area contributed by atoms with E-state index >= 15 is 0 Å². The number of ether oxygens (including phenoxy) is 1. The Balaban J connectivity index is 1.45. The molecule has 0 radical (unpaired) electrons. The van der Waals surface area contributed by atoms with Gasteiger partial charge in [-0.15, -0.1) is 11.8 Å². The third kappa shape index (κ3) is 5.87. The molecule has 31 heavy (non-hydrogen) atoms. The molecule has 1 aromatic heterocycles. The number of nitrogens with one attached hydrogen (secondary N) is 1. The number of rotatable bonds is 8. The second kappa shape index (κ2) is 10.3. The molecule has 6 nitrogen and oxygen atoms in total. The Morgan fingerprint density at radius 3 is 2.81 bits per heavy atom. The number of aromatic amines is 1. The van der Waals surface area contributed by atoms with Crippen molar-refractivity contribution in [1.82, 2.24) is 14.9 Å². The molecular weight excluding hydrogens is 434 g/mol. The van der Waals surface area contributed by atoms with Crippen molar-refractivity contribution >= 4 is 40.2 Å². The van der Waals surface area contributed by atoms with E-state index in [0.717, 1.165) is 30.8 Å². The van der Waals surface area contributed by atoms with Crippen LogP contribution in [0.2, 0.25) is 5.02 Å². The van der Waals surface area contributed by atoms with Gasteiger partial charge in [-0.2, -0.15) is 0 Å². The quantitative estimate of drug-likeness (QED) is 0.553. The lowest BCUT2D eigenvalue weighted by Crippen LogP contribution is -2.38. The number of carbonyl (C=O) groups is 1. The minimum Gasteiger partial charge on any atom is -0.376 e. The van der Waals surface area contributed by atoms with Gasteiger partial charge in [-0.25, -0.2) is 4.98 Å². The fourth-order valence-corrected chi connectivity index (χ4v) is 4.62. The number of benzene rings is 2. The van der Waals surface area contributed by atoms with Crippen LogP contribution in [0.1, 0.15) is 24.2 Å². The number of fused-ring (bicyclic) bond motifs is 1. The number of nitrogens with zero attached hydrogens (tertiary/aromatic N) is 2. The fraction of sp³-hybridized carbons (Fsp3) is 0.348. The van der Waals surface area contributed by atoms with Crippen LogP contribution in [0, 0.1) is 0 Å². The summed E-state index contributed by atoms with van der Waals surface area (Å²) in [5, 5.41) is 1.24. The van der Waals surface area contributed by atoms with E-state index in [9.17, 15) is 9.59 Å². The van der Waals surface area contributed by atoms with Gasteiger partial charge >= 0.3 is 0 Å². The lowest BCUT2D eigenvalue weighted by Gasteiger charge is -2.25. The van der Waals surface area contributed by atoms with Gasteiger partial charge in [0.2, 0.25) is 5.91 Å². The first kappa shape index (κ1) is 21.9. The Morgan fingerprint density at radius 2 is 2.03 bits per heavy atom. The predicted octanol–water partition coefficient (Wildman–Crippen LogP) is 4.02. The van der Waals surface area contributed by atoms with E-state index in [1.807, 2.05) is 42.5 Å². The molecule has 2 aromatic carbocycles. The van der Waals surface area contributed by atoms with Gasteiger partial charge in [0.05, 0.1) is 29.3 Å². The predicted molar refractivity (Wildman–Crippen MR) is 124 cm³/mol. The summed E-state index contributed by atoms with van der Waals surface area (Å²) in [6.07, 6.45) is 1.96. The van der Waals surface area contributed by atoms with Crippen LogP contribution in [0.25, 0.3) is 10.9 Å². The molecule has 162 valence electrons. The number of aromatic nitrogens is 2. The number of H-pyrrole nitrogens is 1. The minimum atomic E-state index is -0.192. The summed E-state index contributed by atoms with van der Waals surface area (Å²) in [7, 11) is 0. The average molecular weight is 458 g/mol. The van der Waals surface area contributed by atoms with Crippen LogP contribution in [0.15, 0.2) is 53.3 Å². The molecule has 1 amide bonds. The van der Waals surface area contributed by atoms with Gasteiger partial charge < -0.3 is 14.6 Å². The molecule has 2 heterocycles. The van der Waals surface area contributed by atoms with Crippen molar-refractivity contribution in [3.8, 4) is 0 Å². The SMILES string of the molecule is O=C(CSCc1ccc(Cl)cc1)N(Cc1nc2ccccc2c(=O)[nH]1)CC1CCCO1. The molecule has 1 aliphatic heterocycles. The highest BCUT2D eigenvalue weighted by molar-refractivity contribution is 7.99. The van der Waals surface area contributed by atoms with E-state index in [1.165, 1.54) is 0 Å². The van der Waals surface area contributed by atoms with Gasteiger partial charge in [0.25, 0.3) is 5.56 Å². The molecule has 1 saturated heterocycles. The lowest BCUT2D eigenvalue weighted by atomic mass is 10.2. The van der Waals surface area contributed by atoms with Gasteiger partial charge in [0.1, 0.15) is 5.82 Å². The van der Waals surface area contributed by atoms with E-state index in [4.69, 9.17) is 16.3 Å². The van der Waals surface area contributed by atoms with Crippen molar-refractivity contribution < 1.29 is 9.53 Å². The van der Waals surface area contributed by atoms with Crippen LogP contribution >= 0.6 is 23.4 Å². The smallest absolute Gasteiger partial charge is 0.258 e. The first-order valence-corrected chi connectivity index (χ1v) is 11.8. The molecule has 1 fully saturated rings. The summed E-state index contributed by atoms with van der Waals surface area (Å²) in [6.45, 7) is 1.47. The van der Waals surface area contributed by atoms with Crippen LogP contribution in [-0.4, -0.2) is 45.8 Å². The highest BCUT2D eigenvalue weighted by atomic mass is 35.5. The maximum Gasteiger partial charge on any atom is 0.258 e. The highest BCUT2D eigenvalue weighted by Gasteiger charge is 2.23. The summed E-state index contributed by atoms with van der Waals surface area (Å²) in [6, 6.07) is 14.8. The maximum absolute atomic E-state index is 13.0. The second-order valence-corrected chi connectivity index (χ2v) is 8.98. The molecule has 1 N–H and O–H groups in total. The van der Waals surface area contributed by atoms with Crippen LogP contribution in [-0.2, 0) is 21.8 Å².